The van der Waals surface area contributed by atoms with Crippen LogP contribution in [0.2, 0.25) is 0 Å². The fraction of sp³-hybridized carbons (Fsp3) is 0.423. The molecule has 2 aromatic carbocycles. The van der Waals surface area contributed by atoms with Crippen molar-refractivity contribution in [2.45, 2.75) is 26.2 Å². The molecule has 0 bridgehead atoms. The van der Waals surface area contributed by atoms with E-state index in [1.54, 1.807) is 6.07 Å². The average Bonchev–Trinajstić information content (AvgIpc) is 3.33. The zero-order chi connectivity index (χ0) is 24.8. The van der Waals surface area contributed by atoms with Crippen molar-refractivity contribution in [3.63, 3.8) is 0 Å². The lowest BCUT2D eigenvalue weighted by molar-refractivity contribution is -0.110. The van der Waals surface area contributed by atoms with Crippen LogP contribution in [0, 0.1) is 0 Å². The maximum absolute atomic E-state index is 13.2. The first kappa shape index (κ1) is 24.7. The molecule has 1 N–H and O–H groups in total. The molecule has 3 aromatic rings. The van der Waals surface area contributed by atoms with Crippen molar-refractivity contribution in [2.75, 3.05) is 51.9 Å². The van der Waals surface area contributed by atoms with Crippen LogP contribution in [0.15, 0.2) is 52.1 Å². The molecule has 186 valence electrons. The van der Waals surface area contributed by atoms with Crippen LogP contribution in [0.1, 0.15) is 32.1 Å². The van der Waals surface area contributed by atoms with Crippen LogP contribution in [0.4, 0.5) is 5.82 Å². The van der Waals surface area contributed by atoms with Gasteiger partial charge in [0.05, 0.1) is 13.2 Å². The summed E-state index contributed by atoms with van der Waals surface area (Å²) in [7, 11) is 1.41. The second kappa shape index (κ2) is 10.9. The molecule has 0 unspecified atom stereocenters. The molecule has 0 saturated carbocycles. The van der Waals surface area contributed by atoms with Gasteiger partial charge in [0.1, 0.15) is 25.2 Å². The number of hydrogen-bond acceptors (Lipinski definition) is 8. The highest BCUT2D eigenvalue weighted by atomic mass is 16.6. The number of carbonyl (C=O) groups excluding carboxylic acids is 1. The van der Waals surface area contributed by atoms with E-state index in [2.05, 4.69) is 20.5 Å². The number of anilines is 1. The van der Waals surface area contributed by atoms with Crippen LogP contribution < -0.4 is 10.1 Å². The van der Waals surface area contributed by atoms with E-state index in [1.165, 1.54) is 7.11 Å². The van der Waals surface area contributed by atoms with Crippen molar-refractivity contribution in [3.8, 4) is 5.75 Å². The lowest BCUT2D eigenvalue weighted by Crippen LogP contribution is -2.38. The van der Waals surface area contributed by atoms with Gasteiger partial charge >= 0.3 is 0 Å². The molecular weight excluding hydrogens is 448 g/mol. The molecule has 9 heteroatoms. The third kappa shape index (κ3) is 5.98. The van der Waals surface area contributed by atoms with Crippen molar-refractivity contribution in [2.24, 2.45) is 5.16 Å². The average molecular weight is 481 g/mol. The molecule has 1 amide bonds. The number of morpholine rings is 1. The molecule has 0 aliphatic carbocycles. The van der Waals surface area contributed by atoms with Gasteiger partial charge in [-0.2, -0.15) is 0 Å². The Morgan fingerprint density at radius 3 is 2.57 bits per heavy atom. The molecule has 1 saturated heterocycles. The highest BCUT2D eigenvalue weighted by molar-refractivity contribution is 6.50. The van der Waals surface area contributed by atoms with Gasteiger partial charge in [0, 0.05) is 42.1 Å². The highest BCUT2D eigenvalue weighted by Crippen LogP contribution is 2.30. The Balaban J connectivity index is 1.55. The topological polar surface area (TPSA) is 98.4 Å². The molecule has 35 heavy (non-hydrogen) atoms. The first-order valence-electron chi connectivity index (χ1n) is 11.7. The third-order valence-electron chi connectivity index (χ3n) is 5.80. The predicted molar refractivity (Wildman–Crippen MR) is 134 cm³/mol. The number of ether oxygens (including phenoxy) is 2. The van der Waals surface area contributed by atoms with Crippen molar-refractivity contribution < 1.29 is 23.6 Å². The molecular formula is C26H32N4O5. The third-order valence-corrected chi connectivity index (χ3v) is 5.80. The number of hydrogen-bond donors (Lipinski definition) is 1. The van der Waals surface area contributed by atoms with E-state index < -0.39 is 5.91 Å². The maximum Gasteiger partial charge on any atom is 0.279 e. The zero-order valence-electron chi connectivity index (χ0n) is 20.7. The normalized spacial score (nSPS) is 15.3. The van der Waals surface area contributed by atoms with Crippen molar-refractivity contribution in [1.82, 2.24) is 10.1 Å². The summed E-state index contributed by atoms with van der Waals surface area (Å²) in [6, 6.07) is 13.2. The second-order valence-electron chi connectivity index (χ2n) is 9.36. The summed E-state index contributed by atoms with van der Waals surface area (Å²) in [5.74, 6) is 1.28. The van der Waals surface area contributed by atoms with E-state index in [-0.39, 0.29) is 11.1 Å². The van der Waals surface area contributed by atoms with Crippen LogP contribution in [-0.4, -0.2) is 68.2 Å². The van der Waals surface area contributed by atoms with Gasteiger partial charge in [-0.1, -0.05) is 55.3 Å². The fourth-order valence-corrected chi connectivity index (χ4v) is 3.88. The van der Waals surface area contributed by atoms with Gasteiger partial charge < -0.3 is 24.2 Å². The Bertz CT molecular complexity index is 1190. The second-order valence-corrected chi connectivity index (χ2v) is 9.36. The first-order valence-corrected chi connectivity index (χ1v) is 11.7. The summed E-state index contributed by atoms with van der Waals surface area (Å²) in [4.78, 5) is 20.5. The number of oxime groups is 1. The van der Waals surface area contributed by atoms with Crippen molar-refractivity contribution >= 4 is 28.2 Å². The van der Waals surface area contributed by atoms with Crippen LogP contribution in [0.25, 0.3) is 10.8 Å². The van der Waals surface area contributed by atoms with E-state index in [0.29, 0.717) is 23.7 Å². The summed E-state index contributed by atoms with van der Waals surface area (Å²) in [5.41, 5.74) is 0.525. The molecule has 1 aliphatic rings. The number of rotatable bonds is 8. The van der Waals surface area contributed by atoms with Gasteiger partial charge in [-0.05, 0) is 17.5 Å². The van der Waals surface area contributed by atoms with E-state index in [1.807, 2.05) is 57.2 Å². The monoisotopic (exact) mass is 480 g/mol. The van der Waals surface area contributed by atoms with Gasteiger partial charge in [-0.3, -0.25) is 9.69 Å². The summed E-state index contributed by atoms with van der Waals surface area (Å²) >= 11 is 0. The van der Waals surface area contributed by atoms with E-state index >= 15 is 0 Å². The van der Waals surface area contributed by atoms with Crippen LogP contribution in [0.3, 0.4) is 0 Å². The number of benzene rings is 2. The Kier molecular flexibility index (Phi) is 7.67. The van der Waals surface area contributed by atoms with Gasteiger partial charge in [-0.15, -0.1) is 0 Å². The number of nitrogens with one attached hydrogen (secondary N) is 1. The van der Waals surface area contributed by atoms with Gasteiger partial charge in [0.25, 0.3) is 5.91 Å². The standard InChI is InChI=1S/C26H32N4O5/c1-26(2,3)22-17-23(28-35-22)27-25(31)24(29-32-4)20-9-10-21(19-8-6-5-7-18(19)20)34-16-13-30-11-14-33-15-12-30/h5-10,17H,11-16H2,1-4H3,(H,27,28,31)/b29-24-. The minimum Gasteiger partial charge on any atom is -0.492 e. The molecule has 1 fully saturated rings. The van der Waals surface area contributed by atoms with Crippen LogP contribution >= 0.6 is 0 Å². The molecule has 0 atom stereocenters. The smallest absolute Gasteiger partial charge is 0.279 e. The molecule has 4 rings (SSSR count). The number of nitrogens with zero attached hydrogens (tertiary/aromatic N) is 3. The summed E-state index contributed by atoms with van der Waals surface area (Å²) in [5, 5.41) is 12.5. The molecule has 2 heterocycles. The summed E-state index contributed by atoms with van der Waals surface area (Å²) < 4.78 is 16.9. The SMILES string of the molecule is CO/N=C(\C(=O)Nc1cc(C(C)(C)C)on1)c1ccc(OCCN2CCOCC2)c2ccccc12. The van der Waals surface area contributed by atoms with Gasteiger partial charge in [0.2, 0.25) is 0 Å². The van der Waals surface area contributed by atoms with E-state index in [9.17, 15) is 4.79 Å². The zero-order valence-corrected chi connectivity index (χ0v) is 20.7. The molecule has 9 nitrogen and oxygen atoms in total. The molecule has 0 radical (unpaired) electrons. The van der Waals surface area contributed by atoms with Crippen LogP contribution in [-0.2, 0) is 19.8 Å². The van der Waals surface area contributed by atoms with Crippen LogP contribution in [0.5, 0.6) is 5.75 Å². The highest BCUT2D eigenvalue weighted by Gasteiger charge is 2.23. The Labute approximate surface area is 205 Å². The lowest BCUT2D eigenvalue weighted by atomic mass is 9.93. The number of fused-ring (bicyclic) bond motifs is 1. The number of amides is 1. The maximum atomic E-state index is 13.2. The first-order chi connectivity index (χ1) is 16.9. The van der Waals surface area contributed by atoms with E-state index in [4.69, 9.17) is 18.8 Å². The largest absolute Gasteiger partial charge is 0.492 e. The minimum absolute atomic E-state index is 0.129. The van der Waals surface area contributed by atoms with Crippen molar-refractivity contribution in [3.05, 3.63) is 53.8 Å². The molecule has 1 aromatic heterocycles. The van der Waals surface area contributed by atoms with Gasteiger partial charge in [-0.25, -0.2) is 0 Å². The number of carbonyl (C=O) groups is 1. The lowest BCUT2D eigenvalue weighted by Gasteiger charge is -2.26. The minimum atomic E-state index is -0.452. The molecule has 0 spiro atoms. The fourth-order valence-electron chi connectivity index (χ4n) is 3.88. The Morgan fingerprint density at radius 2 is 1.89 bits per heavy atom. The van der Waals surface area contributed by atoms with Gasteiger partial charge in [0.15, 0.2) is 11.5 Å². The summed E-state index contributed by atoms with van der Waals surface area (Å²) in [6.45, 7) is 10.8. The number of aromatic nitrogens is 1. The molecule has 1 aliphatic heterocycles. The quantitative estimate of drug-likeness (QED) is 0.386. The summed E-state index contributed by atoms with van der Waals surface area (Å²) in [6.07, 6.45) is 0. The Hall–Kier alpha value is -3.43. The Morgan fingerprint density at radius 1 is 1.14 bits per heavy atom. The van der Waals surface area contributed by atoms with E-state index in [0.717, 1.165) is 49.4 Å². The predicted octanol–water partition coefficient (Wildman–Crippen LogP) is 3.83. The van der Waals surface area contributed by atoms with Crippen molar-refractivity contribution in [1.29, 1.82) is 0 Å².